The van der Waals surface area contributed by atoms with Crippen molar-refractivity contribution >= 4 is 12.1 Å². The monoisotopic (exact) mass is 255 g/mol. The van der Waals surface area contributed by atoms with Crippen molar-refractivity contribution < 1.29 is 19.4 Å². The first-order valence-corrected chi connectivity index (χ1v) is 6.31. The van der Waals surface area contributed by atoms with Crippen LogP contribution in [0.25, 0.3) is 0 Å². The van der Waals surface area contributed by atoms with Crippen LogP contribution in [0, 0.1) is 5.41 Å². The van der Waals surface area contributed by atoms with Gasteiger partial charge >= 0.3 is 12.1 Å². The summed E-state index contributed by atoms with van der Waals surface area (Å²) in [5.41, 5.74) is -0.663. The van der Waals surface area contributed by atoms with Gasteiger partial charge < -0.3 is 14.7 Å². The van der Waals surface area contributed by atoms with E-state index in [1.54, 1.807) is 4.90 Å². The molecule has 0 bridgehead atoms. The lowest BCUT2D eigenvalue weighted by molar-refractivity contribution is -0.152. The Bertz CT molecular complexity index is 319. The molecular formula is C13H21NO4. The SMILES string of the molecule is C=CCOC(=O)N1CCC(CCC)(C(=O)O)CC1. The van der Waals surface area contributed by atoms with Crippen LogP contribution in [0.4, 0.5) is 4.79 Å². The van der Waals surface area contributed by atoms with Gasteiger partial charge in [0.25, 0.3) is 0 Å². The molecule has 0 aromatic heterocycles. The van der Waals surface area contributed by atoms with E-state index in [4.69, 9.17) is 4.74 Å². The van der Waals surface area contributed by atoms with Gasteiger partial charge in [0.05, 0.1) is 5.41 Å². The second kappa shape index (κ2) is 6.42. The maximum atomic E-state index is 11.6. The van der Waals surface area contributed by atoms with Crippen LogP contribution in [-0.2, 0) is 9.53 Å². The average Bonchev–Trinajstić information content (AvgIpc) is 2.37. The number of carbonyl (C=O) groups excluding carboxylic acids is 1. The molecule has 1 aliphatic rings. The highest BCUT2D eigenvalue weighted by Crippen LogP contribution is 2.36. The van der Waals surface area contributed by atoms with E-state index in [-0.39, 0.29) is 12.7 Å². The third kappa shape index (κ3) is 3.24. The quantitative estimate of drug-likeness (QED) is 0.765. The second-order valence-electron chi connectivity index (χ2n) is 4.69. The molecule has 0 aromatic rings. The Balaban J connectivity index is 2.55. The summed E-state index contributed by atoms with van der Waals surface area (Å²) < 4.78 is 4.94. The number of piperidine rings is 1. The minimum atomic E-state index is -0.747. The lowest BCUT2D eigenvalue weighted by Gasteiger charge is -2.38. The number of nitrogens with zero attached hydrogens (tertiary/aromatic N) is 1. The summed E-state index contributed by atoms with van der Waals surface area (Å²) >= 11 is 0. The highest BCUT2D eigenvalue weighted by Gasteiger charge is 2.41. The van der Waals surface area contributed by atoms with Gasteiger partial charge in [0.15, 0.2) is 0 Å². The summed E-state index contributed by atoms with van der Waals surface area (Å²) in [5, 5.41) is 9.34. The molecule has 0 radical (unpaired) electrons. The molecular weight excluding hydrogens is 234 g/mol. The minimum Gasteiger partial charge on any atom is -0.481 e. The first kappa shape index (κ1) is 14.5. The zero-order valence-electron chi connectivity index (χ0n) is 10.9. The van der Waals surface area contributed by atoms with Gasteiger partial charge in [-0.3, -0.25) is 4.79 Å². The molecule has 1 rings (SSSR count). The Kier molecular flexibility index (Phi) is 5.19. The molecule has 1 saturated heterocycles. The zero-order chi connectivity index (χ0) is 13.6. The Morgan fingerprint density at radius 1 is 1.44 bits per heavy atom. The van der Waals surface area contributed by atoms with Crippen LogP contribution in [0.3, 0.4) is 0 Å². The Labute approximate surface area is 107 Å². The van der Waals surface area contributed by atoms with E-state index >= 15 is 0 Å². The summed E-state index contributed by atoms with van der Waals surface area (Å²) in [7, 11) is 0. The van der Waals surface area contributed by atoms with E-state index < -0.39 is 11.4 Å². The molecule has 1 N–H and O–H groups in total. The smallest absolute Gasteiger partial charge is 0.410 e. The van der Waals surface area contributed by atoms with Crippen LogP contribution in [0.1, 0.15) is 32.6 Å². The average molecular weight is 255 g/mol. The Morgan fingerprint density at radius 2 is 2.06 bits per heavy atom. The van der Waals surface area contributed by atoms with Crippen molar-refractivity contribution in [2.45, 2.75) is 32.6 Å². The number of carboxylic acid groups (broad SMARTS) is 1. The maximum Gasteiger partial charge on any atom is 0.410 e. The van der Waals surface area contributed by atoms with Gasteiger partial charge in [-0.1, -0.05) is 26.0 Å². The molecule has 18 heavy (non-hydrogen) atoms. The van der Waals surface area contributed by atoms with E-state index in [1.807, 2.05) is 6.92 Å². The van der Waals surface area contributed by atoms with Crippen molar-refractivity contribution in [2.24, 2.45) is 5.41 Å². The predicted molar refractivity (Wildman–Crippen MR) is 67.3 cm³/mol. The molecule has 1 aliphatic heterocycles. The number of hydrogen-bond acceptors (Lipinski definition) is 3. The summed E-state index contributed by atoms with van der Waals surface area (Å²) in [4.78, 5) is 24.5. The number of carbonyl (C=O) groups is 2. The highest BCUT2D eigenvalue weighted by molar-refractivity contribution is 5.75. The zero-order valence-corrected chi connectivity index (χ0v) is 10.9. The Hall–Kier alpha value is -1.52. The second-order valence-corrected chi connectivity index (χ2v) is 4.69. The van der Waals surface area contributed by atoms with Crippen LogP contribution in [0.2, 0.25) is 0 Å². The molecule has 1 heterocycles. The van der Waals surface area contributed by atoms with Crippen molar-refractivity contribution in [2.75, 3.05) is 19.7 Å². The third-order valence-electron chi connectivity index (χ3n) is 3.49. The fourth-order valence-electron chi connectivity index (χ4n) is 2.39. The summed E-state index contributed by atoms with van der Waals surface area (Å²) in [6, 6.07) is 0. The van der Waals surface area contributed by atoms with E-state index in [0.29, 0.717) is 32.4 Å². The number of aliphatic carboxylic acids is 1. The minimum absolute atomic E-state index is 0.189. The maximum absolute atomic E-state index is 11.6. The number of likely N-dealkylation sites (tertiary alicyclic amines) is 1. The first-order chi connectivity index (χ1) is 8.55. The van der Waals surface area contributed by atoms with Crippen molar-refractivity contribution in [3.63, 3.8) is 0 Å². The molecule has 5 heteroatoms. The molecule has 0 atom stereocenters. The van der Waals surface area contributed by atoms with Gasteiger partial charge in [-0.2, -0.15) is 0 Å². The molecule has 1 amide bonds. The number of hydrogen-bond donors (Lipinski definition) is 1. The Morgan fingerprint density at radius 3 is 2.50 bits per heavy atom. The van der Waals surface area contributed by atoms with E-state index in [2.05, 4.69) is 6.58 Å². The van der Waals surface area contributed by atoms with Gasteiger partial charge in [0.2, 0.25) is 0 Å². The largest absolute Gasteiger partial charge is 0.481 e. The summed E-state index contributed by atoms with van der Waals surface area (Å²) in [5.74, 6) is -0.747. The molecule has 1 fully saturated rings. The normalized spacial score (nSPS) is 18.2. The van der Waals surface area contributed by atoms with E-state index in [1.165, 1.54) is 6.08 Å². The van der Waals surface area contributed by atoms with Crippen molar-refractivity contribution in [3.05, 3.63) is 12.7 Å². The van der Waals surface area contributed by atoms with Crippen molar-refractivity contribution in [3.8, 4) is 0 Å². The lowest BCUT2D eigenvalue weighted by atomic mass is 9.75. The van der Waals surface area contributed by atoms with Crippen LogP contribution in [-0.4, -0.2) is 41.8 Å². The summed E-state index contributed by atoms with van der Waals surface area (Å²) in [6.07, 6.45) is 3.63. The van der Waals surface area contributed by atoms with Crippen LogP contribution >= 0.6 is 0 Å². The molecule has 102 valence electrons. The third-order valence-corrected chi connectivity index (χ3v) is 3.49. The predicted octanol–water partition coefficient (Wildman–Crippen LogP) is 2.28. The molecule has 0 aliphatic carbocycles. The fraction of sp³-hybridized carbons (Fsp3) is 0.692. The molecule has 0 saturated carbocycles. The number of amides is 1. The van der Waals surface area contributed by atoms with Gasteiger partial charge in [0.1, 0.15) is 6.61 Å². The van der Waals surface area contributed by atoms with Crippen LogP contribution in [0.5, 0.6) is 0 Å². The highest BCUT2D eigenvalue weighted by atomic mass is 16.6. The van der Waals surface area contributed by atoms with Gasteiger partial charge in [-0.15, -0.1) is 0 Å². The fourth-order valence-corrected chi connectivity index (χ4v) is 2.39. The topological polar surface area (TPSA) is 66.8 Å². The van der Waals surface area contributed by atoms with E-state index in [0.717, 1.165) is 6.42 Å². The van der Waals surface area contributed by atoms with Crippen LogP contribution < -0.4 is 0 Å². The molecule has 5 nitrogen and oxygen atoms in total. The van der Waals surface area contributed by atoms with Gasteiger partial charge in [-0.25, -0.2) is 4.79 Å². The summed E-state index contributed by atoms with van der Waals surface area (Å²) in [6.45, 7) is 6.54. The number of carboxylic acids is 1. The number of rotatable bonds is 5. The van der Waals surface area contributed by atoms with Crippen molar-refractivity contribution in [1.29, 1.82) is 0 Å². The van der Waals surface area contributed by atoms with E-state index in [9.17, 15) is 14.7 Å². The van der Waals surface area contributed by atoms with Gasteiger partial charge in [-0.05, 0) is 19.3 Å². The molecule has 0 spiro atoms. The van der Waals surface area contributed by atoms with Gasteiger partial charge in [0, 0.05) is 13.1 Å². The first-order valence-electron chi connectivity index (χ1n) is 6.31. The van der Waals surface area contributed by atoms with Crippen molar-refractivity contribution in [1.82, 2.24) is 4.90 Å². The van der Waals surface area contributed by atoms with Crippen LogP contribution in [0.15, 0.2) is 12.7 Å². The molecule has 0 aromatic carbocycles. The standard InChI is InChI=1S/C13H21NO4/c1-3-5-13(11(15)16)6-8-14(9-7-13)12(17)18-10-4-2/h4H,2-3,5-10H2,1H3,(H,15,16). The molecule has 0 unspecified atom stereocenters. The lowest BCUT2D eigenvalue weighted by Crippen LogP contribution is -2.46. The number of ether oxygens (including phenoxy) is 1.